The quantitative estimate of drug-likeness (QED) is 0.472. The molecule has 0 saturated carbocycles. The second-order valence-corrected chi connectivity index (χ2v) is 7.35. The minimum atomic E-state index is -0.522. The van der Waals surface area contributed by atoms with Gasteiger partial charge in [-0.2, -0.15) is 5.10 Å². The second-order valence-electron chi connectivity index (χ2n) is 7.35. The standard InChI is InChI=1S/C25H23FN4O/c1-29(17-19-16-27-30(18-19)23-10-6-3-7-11-23)24(20-8-4-2-5-9-20)25(31)28-22-14-12-21(26)13-15-22/h2-16,18,24H,17H2,1H3,(H,28,31). The second kappa shape index (κ2) is 9.36. The topological polar surface area (TPSA) is 50.2 Å². The van der Waals surface area contributed by atoms with Gasteiger partial charge in [0.2, 0.25) is 5.91 Å². The molecule has 1 atom stereocenters. The fourth-order valence-electron chi connectivity index (χ4n) is 3.53. The first-order chi connectivity index (χ1) is 15.1. The number of nitrogens with zero attached hydrogens (tertiary/aromatic N) is 3. The van der Waals surface area contributed by atoms with Gasteiger partial charge in [-0.15, -0.1) is 0 Å². The number of hydrogen-bond donors (Lipinski definition) is 1. The van der Waals surface area contributed by atoms with E-state index in [0.717, 1.165) is 16.8 Å². The molecule has 0 bridgehead atoms. The maximum Gasteiger partial charge on any atom is 0.246 e. The van der Waals surface area contributed by atoms with Gasteiger partial charge in [-0.05, 0) is 49.0 Å². The average Bonchev–Trinajstić information content (AvgIpc) is 3.25. The summed E-state index contributed by atoms with van der Waals surface area (Å²) in [6, 6.07) is 24.7. The van der Waals surface area contributed by atoms with E-state index < -0.39 is 6.04 Å². The van der Waals surface area contributed by atoms with Crippen LogP contribution in [0.5, 0.6) is 0 Å². The van der Waals surface area contributed by atoms with Crippen LogP contribution in [0.1, 0.15) is 17.2 Å². The predicted molar refractivity (Wildman–Crippen MR) is 119 cm³/mol. The summed E-state index contributed by atoms with van der Waals surface area (Å²) in [5, 5.41) is 7.34. The molecule has 0 saturated heterocycles. The molecule has 5 nitrogen and oxygen atoms in total. The summed E-state index contributed by atoms with van der Waals surface area (Å²) in [6.07, 6.45) is 3.77. The lowest BCUT2D eigenvalue weighted by atomic mass is 10.0. The molecule has 6 heteroatoms. The number of amides is 1. The van der Waals surface area contributed by atoms with Crippen molar-refractivity contribution in [2.75, 3.05) is 12.4 Å². The summed E-state index contributed by atoms with van der Waals surface area (Å²) in [4.78, 5) is 15.2. The Hall–Kier alpha value is -3.77. The van der Waals surface area contributed by atoms with Crippen LogP contribution >= 0.6 is 0 Å². The maximum absolute atomic E-state index is 13.2. The van der Waals surface area contributed by atoms with Crippen LogP contribution in [0.4, 0.5) is 10.1 Å². The molecule has 3 aromatic carbocycles. The highest BCUT2D eigenvalue weighted by atomic mass is 19.1. The number of aromatic nitrogens is 2. The Bertz CT molecular complexity index is 1130. The Labute approximate surface area is 180 Å². The number of anilines is 1. The molecule has 1 heterocycles. The zero-order chi connectivity index (χ0) is 21.6. The SMILES string of the molecule is CN(Cc1cnn(-c2ccccc2)c1)C(C(=O)Nc1ccc(F)cc1)c1ccccc1. The van der Waals surface area contributed by atoms with Crippen molar-refractivity contribution in [3.8, 4) is 5.69 Å². The van der Waals surface area contributed by atoms with Gasteiger partial charge < -0.3 is 5.32 Å². The van der Waals surface area contributed by atoms with E-state index in [0.29, 0.717) is 12.2 Å². The van der Waals surface area contributed by atoms with Crippen molar-refractivity contribution in [1.29, 1.82) is 0 Å². The number of rotatable bonds is 7. The van der Waals surface area contributed by atoms with Crippen molar-refractivity contribution < 1.29 is 9.18 Å². The third kappa shape index (κ3) is 5.05. The molecular weight excluding hydrogens is 391 g/mol. The van der Waals surface area contributed by atoms with Crippen LogP contribution in [-0.2, 0) is 11.3 Å². The van der Waals surface area contributed by atoms with E-state index in [2.05, 4.69) is 10.4 Å². The molecular formula is C25H23FN4O. The zero-order valence-corrected chi connectivity index (χ0v) is 17.1. The van der Waals surface area contributed by atoms with Crippen LogP contribution < -0.4 is 5.32 Å². The van der Waals surface area contributed by atoms with Crippen LogP contribution in [0.3, 0.4) is 0 Å². The summed E-state index contributed by atoms with van der Waals surface area (Å²) in [5.41, 5.74) is 3.39. The summed E-state index contributed by atoms with van der Waals surface area (Å²) >= 11 is 0. The lowest BCUT2D eigenvalue weighted by Gasteiger charge is -2.27. The molecule has 156 valence electrons. The van der Waals surface area contributed by atoms with Crippen LogP contribution in [0, 0.1) is 5.82 Å². The first-order valence-electron chi connectivity index (χ1n) is 10.0. The Morgan fingerprint density at radius 1 is 1.00 bits per heavy atom. The molecule has 0 aliphatic carbocycles. The number of likely N-dealkylation sites (N-methyl/N-ethyl adjacent to an activating group) is 1. The minimum absolute atomic E-state index is 0.184. The average molecular weight is 414 g/mol. The van der Waals surface area contributed by atoms with E-state index in [-0.39, 0.29) is 11.7 Å². The van der Waals surface area contributed by atoms with E-state index >= 15 is 0 Å². The van der Waals surface area contributed by atoms with Gasteiger partial charge in [0, 0.05) is 24.0 Å². The highest BCUT2D eigenvalue weighted by Crippen LogP contribution is 2.24. The van der Waals surface area contributed by atoms with Gasteiger partial charge in [0.1, 0.15) is 11.9 Å². The van der Waals surface area contributed by atoms with E-state index in [1.165, 1.54) is 12.1 Å². The number of carbonyl (C=O) groups excluding carboxylic acids is 1. The van der Waals surface area contributed by atoms with E-state index in [1.807, 2.05) is 89.7 Å². The first kappa shape index (κ1) is 20.5. The summed E-state index contributed by atoms with van der Waals surface area (Å²) in [7, 11) is 1.90. The van der Waals surface area contributed by atoms with Gasteiger partial charge in [0.05, 0.1) is 11.9 Å². The molecule has 1 aromatic heterocycles. The molecule has 4 rings (SSSR count). The fourth-order valence-corrected chi connectivity index (χ4v) is 3.53. The highest BCUT2D eigenvalue weighted by molar-refractivity contribution is 5.95. The highest BCUT2D eigenvalue weighted by Gasteiger charge is 2.25. The summed E-state index contributed by atoms with van der Waals surface area (Å²) in [6.45, 7) is 0.531. The van der Waals surface area contributed by atoms with Gasteiger partial charge in [0.25, 0.3) is 0 Å². The van der Waals surface area contributed by atoms with Gasteiger partial charge in [-0.3, -0.25) is 9.69 Å². The van der Waals surface area contributed by atoms with Crippen molar-refractivity contribution >= 4 is 11.6 Å². The molecule has 0 aliphatic rings. The summed E-state index contributed by atoms with van der Waals surface area (Å²) < 4.78 is 15.0. The number of carbonyl (C=O) groups is 1. The van der Waals surface area contributed by atoms with Crippen molar-refractivity contribution in [1.82, 2.24) is 14.7 Å². The van der Waals surface area contributed by atoms with E-state index in [4.69, 9.17) is 0 Å². The largest absolute Gasteiger partial charge is 0.324 e. The third-order valence-corrected chi connectivity index (χ3v) is 5.00. The molecule has 4 aromatic rings. The summed E-state index contributed by atoms with van der Waals surface area (Å²) in [5.74, 6) is -0.527. The van der Waals surface area contributed by atoms with Gasteiger partial charge in [0.15, 0.2) is 0 Å². The normalized spacial score (nSPS) is 12.0. The van der Waals surface area contributed by atoms with Crippen LogP contribution in [0.15, 0.2) is 97.3 Å². The van der Waals surface area contributed by atoms with Crippen molar-refractivity contribution in [3.63, 3.8) is 0 Å². The van der Waals surface area contributed by atoms with Crippen molar-refractivity contribution in [3.05, 3.63) is 114 Å². The van der Waals surface area contributed by atoms with Crippen molar-refractivity contribution in [2.24, 2.45) is 0 Å². The molecule has 1 amide bonds. The molecule has 0 radical (unpaired) electrons. The molecule has 0 spiro atoms. The lowest BCUT2D eigenvalue weighted by Crippen LogP contribution is -2.34. The Kier molecular flexibility index (Phi) is 6.19. The number of nitrogens with one attached hydrogen (secondary N) is 1. The Balaban J connectivity index is 1.54. The molecule has 0 aliphatic heterocycles. The number of halogens is 1. The Morgan fingerprint density at radius 2 is 1.65 bits per heavy atom. The van der Waals surface area contributed by atoms with Crippen LogP contribution in [0.25, 0.3) is 5.69 Å². The molecule has 1 unspecified atom stereocenters. The van der Waals surface area contributed by atoms with Gasteiger partial charge >= 0.3 is 0 Å². The third-order valence-electron chi connectivity index (χ3n) is 5.00. The fraction of sp³-hybridized carbons (Fsp3) is 0.120. The number of hydrogen-bond acceptors (Lipinski definition) is 3. The van der Waals surface area contributed by atoms with Gasteiger partial charge in [-0.25, -0.2) is 9.07 Å². The zero-order valence-electron chi connectivity index (χ0n) is 17.1. The maximum atomic E-state index is 13.2. The smallest absolute Gasteiger partial charge is 0.246 e. The Morgan fingerprint density at radius 3 is 2.32 bits per heavy atom. The van der Waals surface area contributed by atoms with Crippen LogP contribution in [-0.4, -0.2) is 27.6 Å². The molecule has 31 heavy (non-hydrogen) atoms. The van der Waals surface area contributed by atoms with E-state index in [1.54, 1.807) is 12.1 Å². The minimum Gasteiger partial charge on any atom is -0.324 e. The van der Waals surface area contributed by atoms with E-state index in [9.17, 15) is 9.18 Å². The van der Waals surface area contributed by atoms with Gasteiger partial charge in [-0.1, -0.05) is 48.5 Å². The van der Waals surface area contributed by atoms with Crippen molar-refractivity contribution in [2.45, 2.75) is 12.6 Å². The molecule has 0 fully saturated rings. The first-order valence-corrected chi connectivity index (χ1v) is 10.0. The number of benzene rings is 3. The lowest BCUT2D eigenvalue weighted by molar-refractivity contribution is -0.121. The molecule has 1 N–H and O–H groups in total. The predicted octanol–water partition coefficient (Wildman–Crippen LogP) is 4.82. The van der Waals surface area contributed by atoms with Crippen LogP contribution in [0.2, 0.25) is 0 Å². The monoisotopic (exact) mass is 414 g/mol. The number of para-hydroxylation sites is 1.